The molecule has 0 aliphatic carbocycles. The van der Waals surface area contributed by atoms with E-state index in [0.717, 1.165) is 0 Å². The topological polar surface area (TPSA) is 175 Å². The van der Waals surface area contributed by atoms with Crippen molar-refractivity contribution >= 4 is 41.5 Å². The minimum Gasteiger partial charge on any atom is -0.444 e. The smallest absolute Gasteiger partial charge is 0.408 e. The van der Waals surface area contributed by atoms with Gasteiger partial charge in [-0.05, 0) is 70.3 Å². The highest BCUT2D eigenvalue weighted by molar-refractivity contribution is 7.98. The number of nitrogens with zero attached hydrogens (tertiary/aromatic N) is 1. The molecule has 1 aliphatic heterocycles. The Balaban J connectivity index is 3.01. The fourth-order valence-corrected chi connectivity index (χ4v) is 5.81. The second-order valence-electron chi connectivity index (χ2n) is 14.4. The Bertz CT molecular complexity index is 1030. The quantitative estimate of drug-likeness (QED) is 0.136. The Kier molecular flexibility index (Phi) is 19.5. The molecule has 5 N–H and O–H groups in total. The summed E-state index contributed by atoms with van der Waals surface area (Å²) in [6.07, 6.45) is 2.14. The van der Waals surface area contributed by atoms with Crippen LogP contribution in [0.25, 0.3) is 0 Å². The number of nitrogens with one attached hydrogen (secondary N) is 4. The third-order valence-corrected chi connectivity index (χ3v) is 8.58. The molecule has 5 amide bonds. The highest BCUT2D eigenvalue weighted by atomic mass is 32.2. The summed E-state index contributed by atoms with van der Waals surface area (Å²) in [6.45, 7) is 18.2. The number of ether oxygens (including phenoxy) is 2. The van der Waals surface area contributed by atoms with Crippen molar-refractivity contribution in [1.82, 2.24) is 26.2 Å². The second kappa shape index (κ2) is 21.5. The maximum Gasteiger partial charge on any atom is 0.408 e. The summed E-state index contributed by atoms with van der Waals surface area (Å²) >= 11 is 1.52. The van der Waals surface area contributed by atoms with E-state index in [-0.39, 0.29) is 30.1 Å². The molecule has 1 rings (SSSR count). The van der Waals surface area contributed by atoms with Crippen molar-refractivity contribution in [3.63, 3.8) is 0 Å². The number of carbonyl (C=O) groups is 5. The predicted octanol–water partition coefficient (Wildman–Crippen LogP) is 2.84. The van der Waals surface area contributed by atoms with Gasteiger partial charge in [-0.3, -0.25) is 19.2 Å². The molecule has 14 heteroatoms. The Morgan fingerprint density at radius 2 is 1.46 bits per heavy atom. The van der Waals surface area contributed by atoms with Gasteiger partial charge in [0.2, 0.25) is 23.6 Å². The van der Waals surface area contributed by atoms with E-state index >= 15 is 0 Å². The van der Waals surface area contributed by atoms with Crippen LogP contribution >= 0.6 is 11.8 Å². The molecule has 1 aliphatic rings. The molecule has 0 spiro atoms. The molecule has 48 heavy (non-hydrogen) atoms. The van der Waals surface area contributed by atoms with Crippen molar-refractivity contribution in [3.05, 3.63) is 0 Å². The van der Waals surface area contributed by atoms with Gasteiger partial charge in [0.15, 0.2) is 0 Å². The minimum absolute atomic E-state index is 0.0607. The monoisotopic (exact) mass is 701 g/mol. The Hall–Kier alpha value is -2.58. The zero-order chi connectivity index (χ0) is 36.6. The van der Waals surface area contributed by atoms with Crippen LogP contribution in [0.1, 0.15) is 94.4 Å². The minimum atomic E-state index is -1.06. The first-order valence-corrected chi connectivity index (χ1v) is 18.7. The number of amides is 5. The highest BCUT2D eigenvalue weighted by Gasteiger charge is 2.34. The van der Waals surface area contributed by atoms with Crippen LogP contribution in [0.5, 0.6) is 0 Å². The van der Waals surface area contributed by atoms with Gasteiger partial charge < -0.3 is 40.7 Å². The van der Waals surface area contributed by atoms with E-state index in [0.29, 0.717) is 57.7 Å². The lowest BCUT2D eigenvalue weighted by molar-refractivity contribution is -0.141. The standard InChI is InChI=1S/C34H63N5O8S/c1-11-12-25(32(44)39-14-16-46-17-15-39)36-29(41)23(6)20-27(40)26(19-21(2)3)37-30(42)24(13-18-48-10)35-31(43)28(22(4)5)38-33(45)47-34(7,8)9/h21-28,40H,11-20H2,1-10H3,(H,35,43)(H,36,41)(H,37,42)(H,38,45)/t23-,24+,25+,26+,27+,28+/m1/s1. The lowest BCUT2D eigenvalue weighted by atomic mass is 9.92. The van der Waals surface area contributed by atoms with Gasteiger partial charge in [0.05, 0.1) is 25.4 Å². The molecule has 0 unspecified atom stereocenters. The molecular formula is C34H63N5O8S. The molecule has 0 radical (unpaired) electrons. The first kappa shape index (κ1) is 43.4. The van der Waals surface area contributed by atoms with E-state index in [9.17, 15) is 29.1 Å². The number of carbonyl (C=O) groups excluding carboxylic acids is 5. The molecule has 0 aromatic rings. The molecule has 6 atom stereocenters. The van der Waals surface area contributed by atoms with Gasteiger partial charge >= 0.3 is 6.09 Å². The number of aliphatic hydroxyl groups excluding tert-OH is 1. The number of aliphatic hydroxyl groups is 1. The molecule has 1 saturated heterocycles. The van der Waals surface area contributed by atoms with Gasteiger partial charge in [0, 0.05) is 19.0 Å². The Morgan fingerprint density at radius 1 is 0.854 bits per heavy atom. The van der Waals surface area contributed by atoms with Gasteiger partial charge in [-0.15, -0.1) is 0 Å². The lowest BCUT2D eigenvalue weighted by Gasteiger charge is -2.32. The summed E-state index contributed by atoms with van der Waals surface area (Å²) in [5.41, 5.74) is -0.745. The van der Waals surface area contributed by atoms with Crippen molar-refractivity contribution in [2.45, 2.75) is 130 Å². The fourth-order valence-electron chi connectivity index (χ4n) is 5.34. The molecular weight excluding hydrogens is 638 g/mol. The second-order valence-corrected chi connectivity index (χ2v) is 15.4. The highest BCUT2D eigenvalue weighted by Crippen LogP contribution is 2.18. The van der Waals surface area contributed by atoms with Crippen LogP contribution in [0.2, 0.25) is 0 Å². The number of morpholine rings is 1. The average molecular weight is 702 g/mol. The first-order valence-electron chi connectivity index (χ1n) is 17.3. The lowest BCUT2D eigenvalue weighted by Crippen LogP contribution is -2.58. The molecule has 1 fully saturated rings. The van der Waals surface area contributed by atoms with Crippen LogP contribution < -0.4 is 21.3 Å². The summed E-state index contributed by atoms with van der Waals surface area (Å²) in [5.74, 6) is -1.68. The number of rotatable bonds is 19. The normalized spacial score (nSPS) is 17.5. The fraction of sp³-hybridized carbons (Fsp3) is 0.853. The third-order valence-electron chi connectivity index (χ3n) is 7.94. The molecule has 13 nitrogen and oxygen atoms in total. The largest absolute Gasteiger partial charge is 0.444 e. The SMILES string of the molecule is CCC[C@H](NC(=O)[C@H](C)C[C@H](O)[C@H](CC(C)C)NC(=O)[C@H](CCSC)NC(=O)[C@@H](NC(=O)OC(C)(C)C)C(C)C)C(=O)N1CCOCC1. The van der Waals surface area contributed by atoms with Crippen molar-refractivity contribution < 1.29 is 38.6 Å². The molecule has 0 saturated carbocycles. The number of thioether (sulfide) groups is 1. The molecule has 0 aromatic carbocycles. The van der Waals surface area contributed by atoms with Crippen LogP contribution in [0, 0.1) is 17.8 Å². The van der Waals surface area contributed by atoms with E-state index in [1.54, 1.807) is 46.4 Å². The van der Waals surface area contributed by atoms with Gasteiger partial charge in [-0.25, -0.2) is 4.79 Å². The van der Waals surface area contributed by atoms with E-state index in [4.69, 9.17) is 9.47 Å². The average Bonchev–Trinajstić information content (AvgIpc) is 2.99. The van der Waals surface area contributed by atoms with Crippen molar-refractivity contribution in [2.24, 2.45) is 17.8 Å². The van der Waals surface area contributed by atoms with Crippen molar-refractivity contribution in [2.75, 3.05) is 38.3 Å². The van der Waals surface area contributed by atoms with Crippen LogP contribution in [0.3, 0.4) is 0 Å². The Labute approximate surface area is 292 Å². The van der Waals surface area contributed by atoms with Crippen molar-refractivity contribution in [3.8, 4) is 0 Å². The summed E-state index contributed by atoms with van der Waals surface area (Å²) in [6, 6.07) is -3.21. The Morgan fingerprint density at radius 3 is 1.98 bits per heavy atom. The van der Waals surface area contributed by atoms with E-state index < -0.39 is 59.7 Å². The summed E-state index contributed by atoms with van der Waals surface area (Å²) in [4.78, 5) is 67.6. The summed E-state index contributed by atoms with van der Waals surface area (Å²) in [7, 11) is 0. The van der Waals surface area contributed by atoms with Crippen LogP contribution in [0.15, 0.2) is 0 Å². The van der Waals surface area contributed by atoms with Crippen molar-refractivity contribution in [1.29, 1.82) is 0 Å². The van der Waals surface area contributed by atoms with Crippen LogP contribution in [-0.4, -0.2) is 114 Å². The number of alkyl carbamates (subject to hydrolysis) is 1. The van der Waals surface area contributed by atoms with E-state index in [2.05, 4.69) is 21.3 Å². The van der Waals surface area contributed by atoms with Gasteiger partial charge in [-0.2, -0.15) is 11.8 Å². The third kappa shape index (κ3) is 16.2. The molecule has 1 heterocycles. The van der Waals surface area contributed by atoms with Gasteiger partial charge in [0.25, 0.3) is 0 Å². The summed E-state index contributed by atoms with van der Waals surface area (Å²) < 4.78 is 10.7. The zero-order valence-electron chi connectivity index (χ0n) is 30.9. The molecule has 0 bridgehead atoms. The predicted molar refractivity (Wildman–Crippen MR) is 188 cm³/mol. The number of hydrogen-bond donors (Lipinski definition) is 5. The zero-order valence-corrected chi connectivity index (χ0v) is 31.7. The van der Waals surface area contributed by atoms with Gasteiger partial charge in [0.1, 0.15) is 23.7 Å². The van der Waals surface area contributed by atoms with E-state index in [1.807, 2.05) is 27.0 Å². The number of hydrogen-bond acceptors (Lipinski definition) is 9. The van der Waals surface area contributed by atoms with Crippen LogP contribution in [0.4, 0.5) is 4.79 Å². The van der Waals surface area contributed by atoms with E-state index in [1.165, 1.54) is 11.8 Å². The van der Waals surface area contributed by atoms with Crippen LogP contribution in [-0.2, 0) is 28.7 Å². The molecule has 278 valence electrons. The maximum absolute atomic E-state index is 13.7. The maximum atomic E-state index is 13.7. The summed E-state index contributed by atoms with van der Waals surface area (Å²) in [5, 5.41) is 22.6. The first-order chi connectivity index (χ1) is 22.4. The molecule has 0 aromatic heterocycles. The van der Waals surface area contributed by atoms with Gasteiger partial charge in [-0.1, -0.05) is 48.0 Å².